The first kappa shape index (κ1) is 22.5. The number of hydrogen-bond acceptors (Lipinski definition) is 6. The second-order valence-electron chi connectivity index (χ2n) is 6.97. The van der Waals surface area contributed by atoms with Crippen molar-refractivity contribution in [1.29, 1.82) is 0 Å². The first-order valence-electron chi connectivity index (χ1n) is 9.99. The standard InChI is InChI=1S/C22H26N4O4S/c1-4-16-12-17(31-14(16)2)20(27)24-19-18(23-13-15-8-6-5-7-9-15)21(28)25-22(29)26(19)10-11-30-3/h5-9,12,23H,4,10-11,13H2,1-3H3,(H,24,27)(H,25,28,29). The van der Waals surface area contributed by atoms with E-state index in [2.05, 4.69) is 15.6 Å². The van der Waals surface area contributed by atoms with E-state index in [1.165, 1.54) is 23.0 Å². The van der Waals surface area contributed by atoms with Crippen molar-refractivity contribution < 1.29 is 9.53 Å². The van der Waals surface area contributed by atoms with Crippen LogP contribution in [0.15, 0.2) is 46.0 Å². The first-order chi connectivity index (χ1) is 14.9. The summed E-state index contributed by atoms with van der Waals surface area (Å²) in [5, 5.41) is 5.85. The van der Waals surface area contributed by atoms with Crippen LogP contribution >= 0.6 is 11.3 Å². The van der Waals surface area contributed by atoms with Gasteiger partial charge in [0.2, 0.25) is 0 Å². The molecule has 0 aliphatic carbocycles. The summed E-state index contributed by atoms with van der Waals surface area (Å²) in [6.07, 6.45) is 0.822. The topological polar surface area (TPSA) is 105 Å². The van der Waals surface area contributed by atoms with E-state index in [4.69, 9.17) is 4.74 Å². The van der Waals surface area contributed by atoms with E-state index < -0.39 is 11.2 Å². The smallest absolute Gasteiger partial charge is 0.330 e. The maximum Gasteiger partial charge on any atom is 0.330 e. The van der Waals surface area contributed by atoms with Gasteiger partial charge in [0, 0.05) is 18.5 Å². The number of nitrogens with zero attached hydrogens (tertiary/aromatic N) is 1. The van der Waals surface area contributed by atoms with Crippen LogP contribution in [0.3, 0.4) is 0 Å². The molecule has 1 aromatic carbocycles. The number of aromatic amines is 1. The van der Waals surface area contributed by atoms with Crippen LogP contribution < -0.4 is 21.9 Å². The van der Waals surface area contributed by atoms with E-state index in [1.807, 2.05) is 50.2 Å². The highest BCUT2D eigenvalue weighted by molar-refractivity contribution is 7.14. The van der Waals surface area contributed by atoms with Crippen LogP contribution in [0, 0.1) is 6.92 Å². The molecule has 0 saturated carbocycles. The molecule has 3 N–H and O–H groups in total. The largest absolute Gasteiger partial charge is 0.383 e. The molecule has 0 unspecified atom stereocenters. The number of amides is 1. The van der Waals surface area contributed by atoms with Crippen molar-refractivity contribution in [2.45, 2.75) is 33.4 Å². The van der Waals surface area contributed by atoms with Gasteiger partial charge >= 0.3 is 5.69 Å². The number of anilines is 2. The maximum atomic E-state index is 13.0. The molecule has 2 aromatic heterocycles. The lowest BCUT2D eigenvalue weighted by molar-refractivity contribution is 0.102. The van der Waals surface area contributed by atoms with Crippen molar-refractivity contribution in [2.75, 3.05) is 24.4 Å². The third-order valence-electron chi connectivity index (χ3n) is 4.89. The number of benzene rings is 1. The molecule has 1 amide bonds. The monoisotopic (exact) mass is 442 g/mol. The highest BCUT2D eigenvalue weighted by atomic mass is 32.1. The molecule has 0 aliphatic rings. The fourth-order valence-electron chi connectivity index (χ4n) is 3.20. The van der Waals surface area contributed by atoms with Crippen LogP contribution in [-0.4, -0.2) is 29.2 Å². The van der Waals surface area contributed by atoms with Crippen molar-refractivity contribution in [1.82, 2.24) is 9.55 Å². The lowest BCUT2D eigenvalue weighted by atomic mass is 10.2. The predicted molar refractivity (Wildman–Crippen MR) is 123 cm³/mol. The fourth-order valence-corrected chi connectivity index (χ4v) is 4.21. The number of aromatic nitrogens is 2. The van der Waals surface area contributed by atoms with Gasteiger partial charge in [-0.25, -0.2) is 4.79 Å². The summed E-state index contributed by atoms with van der Waals surface area (Å²) < 4.78 is 6.40. The van der Waals surface area contributed by atoms with Crippen molar-refractivity contribution in [3.63, 3.8) is 0 Å². The molecule has 9 heteroatoms. The Balaban J connectivity index is 1.99. The zero-order valence-corrected chi connectivity index (χ0v) is 18.6. The molecule has 3 aromatic rings. The normalized spacial score (nSPS) is 10.8. The van der Waals surface area contributed by atoms with E-state index >= 15 is 0 Å². The SMILES string of the molecule is CCc1cc(C(=O)Nc2c(NCc3ccccc3)c(=O)[nH]c(=O)n2CCOC)sc1C. The molecule has 0 aliphatic heterocycles. The minimum absolute atomic E-state index is 0.121. The van der Waals surface area contributed by atoms with Gasteiger partial charge < -0.3 is 15.4 Å². The summed E-state index contributed by atoms with van der Waals surface area (Å²) in [6.45, 7) is 4.76. The lowest BCUT2D eigenvalue weighted by Crippen LogP contribution is -2.36. The van der Waals surface area contributed by atoms with Crippen LogP contribution in [-0.2, 0) is 24.2 Å². The number of methoxy groups -OCH3 is 1. The van der Waals surface area contributed by atoms with Gasteiger partial charge in [-0.1, -0.05) is 37.3 Å². The molecule has 0 spiro atoms. The van der Waals surface area contributed by atoms with Gasteiger partial charge in [-0.3, -0.25) is 19.1 Å². The van der Waals surface area contributed by atoms with Gasteiger partial charge in [0.1, 0.15) is 11.5 Å². The third kappa shape index (κ3) is 5.31. The van der Waals surface area contributed by atoms with Crippen LogP contribution in [0.1, 0.15) is 32.6 Å². The number of carbonyl (C=O) groups excluding carboxylic acids is 1. The molecule has 0 bridgehead atoms. The van der Waals surface area contributed by atoms with E-state index in [9.17, 15) is 14.4 Å². The zero-order valence-electron chi connectivity index (χ0n) is 17.8. The van der Waals surface area contributed by atoms with Gasteiger partial charge in [-0.05, 0) is 30.5 Å². The summed E-state index contributed by atoms with van der Waals surface area (Å²) in [4.78, 5) is 42.0. The average Bonchev–Trinajstić information content (AvgIpc) is 3.14. The number of ether oxygens (including phenoxy) is 1. The highest BCUT2D eigenvalue weighted by Gasteiger charge is 2.20. The molecule has 8 nitrogen and oxygen atoms in total. The van der Waals surface area contributed by atoms with E-state index in [0.29, 0.717) is 11.4 Å². The molecule has 0 radical (unpaired) electrons. The number of rotatable bonds is 9. The Morgan fingerprint density at radius 1 is 1.23 bits per heavy atom. The molecule has 31 heavy (non-hydrogen) atoms. The molecule has 3 rings (SSSR count). The predicted octanol–water partition coefficient (Wildman–Crippen LogP) is 2.98. The van der Waals surface area contributed by atoms with Crippen LogP contribution in [0.5, 0.6) is 0 Å². The Bertz CT molecular complexity index is 1160. The molecule has 2 heterocycles. The van der Waals surface area contributed by atoms with Gasteiger partial charge in [0.05, 0.1) is 18.0 Å². The number of H-pyrrole nitrogens is 1. The first-order valence-corrected chi connectivity index (χ1v) is 10.8. The van der Waals surface area contributed by atoms with Crippen molar-refractivity contribution in [3.05, 3.63) is 78.1 Å². The molecule has 0 saturated heterocycles. The van der Waals surface area contributed by atoms with Gasteiger partial charge in [0.25, 0.3) is 11.5 Å². The maximum absolute atomic E-state index is 13.0. The molecular weight excluding hydrogens is 416 g/mol. The van der Waals surface area contributed by atoms with Gasteiger partial charge in [0.15, 0.2) is 0 Å². The van der Waals surface area contributed by atoms with E-state index in [1.54, 1.807) is 0 Å². The second kappa shape index (κ2) is 10.2. The molecule has 164 valence electrons. The van der Waals surface area contributed by atoms with E-state index in [0.717, 1.165) is 22.4 Å². The molecule has 0 fully saturated rings. The van der Waals surface area contributed by atoms with Crippen LogP contribution in [0.25, 0.3) is 0 Å². The van der Waals surface area contributed by atoms with E-state index in [-0.39, 0.29) is 30.6 Å². The average molecular weight is 443 g/mol. The number of carbonyl (C=O) groups is 1. The van der Waals surface area contributed by atoms with Crippen molar-refractivity contribution >= 4 is 28.7 Å². The van der Waals surface area contributed by atoms with Gasteiger partial charge in [-0.2, -0.15) is 0 Å². The minimum atomic E-state index is -0.612. The summed E-state index contributed by atoms with van der Waals surface area (Å²) >= 11 is 1.38. The minimum Gasteiger partial charge on any atom is -0.383 e. The fraction of sp³-hybridized carbons (Fsp3) is 0.318. The number of aryl methyl sites for hydroxylation is 2. The van der Waals surface area contributed by atoms with Crippen molar-refractivity contribution in [3.8, 4) is 0 Å². The third-order valence-corrected chi connectivity index (χ3v) is 5.98. The quantitative estimate of drug-likeness (QED) is 0.473. The van der Waals surface area contributed by atoms with Gasteiger partial charge in [-0.15, -0.1) is 11.3 Å². The second-order valence-corrected chi connectivity index (χ2v) is 8.22. The molecule has 0 atom stereocenters. The summed E-state index contributed by atoms with van der Waals surface area (Å²) in [6, 6.07) is 11.4. The van der Waals surface area contributed by atoms with Crippen molar-refractivity contribution in [2.24, 2.45) is 0 Å². The number of nitrogens with one attached hydrogen (secondary N) is 3. The lowest BCUT2D eigenvalue weighted by Gasteiger charge is -2.17. The highest BCUT2D eigenvalue weighted by Crippen LogP contribution is 2.24. The summed E-state index contributed by atoms with van der Waals surface area (Å²) in [5.74, 6) is -0.248. The summed E-state index contributed by atoms with van der Waals surface area (Å²) in [5.41, 5.74) is 0.966. The number of hydrogen-bond donors (Lipinski definition) is 3. The Kier molecular flexibility index (Phi) is 7.43. The Morgan fingerprint density at radius 3 is 2.61 bits per heavy atom. The number of thiophene rings is 1. The Hall–Kier alpha value is -3.17. The summed E-state index contributed by atoms with van der Waals surface area (Å²) in [7, 11) is 1.52. The van der Waals surface area contributed by atoms with Crippen LogP contribution in [0.2, 0.25) is 0 Å². The zero-order chi connectivity index (χ0) is 22.4. The Morgan fingerprint density at radius 2 is 1.97 bits per heavy atom. The van der Waals surface area contributed by atoms with Crippen LogP contribution in [0.4, 0.5) is 11.5 Å². The Labute approximate surface area is 183 Å². The molecular formula is C22H26N4O4S.